The van der Waals surface area contributed by atoms with E-state index in [-0.39, 0.29) is 11.7 Å². The largest absolute Gasteiger partial charge is 0.299 e. The van der Waals surface area contributed by atoms with Crippen LogP contribution in [0.5, 0.6) is 0 Å². The van der Waals surface area contributed by atoms with E-state index in [1.807, 2.05) is 25.1 Å². The summed E-state index contributed by atoms with van der Waals surface area (Å²) in [5.41, 5.74) is 2.95. The van der Waals surface area contributed by atoms with Gasteiger partial charge in [-0.1, -0.05) is 30.7 Å². The van der Waals surface area contributed by atoms with Gasteiger partial charge < -0.3 is 0 Å². The van der Waals surface area contributed by atoms with Crippen LogP contribution in [0.2, 0.25) is 0 Å². The number of thiazole rings is 1. The Balaban J connectivity index is 1.75. The third-order valence-electron chi connectivity index (χ3n) is 4.37. The molecule has 1 amide bonds. The lowest BCUT2D eigenvalue weighted by atomic mass is 10.2. The van der Waals surface area contributed by atoms with Crippen molar-refractivity contribution in [3.63, 3.8) is 0 Å². The number of fused-ring (bicyclic) bond motifs is 2. The molecular formula is C19H20N6OS. The number of amides is 1. The Morgan fingerprint density at radius 1 is 1.22 bits per heavy atom. The zero-order chi connectivity index (χ0) is 19.0. The van der Waals surface area contributed by atoms with Crippen molar-refractivity contribution in [2.45, 2.75) is 33.6 Å². The molecule has 3 aromatic heterocycles. The molecule has 8 heteroatoms. The lowest BCUT2D eigenvalue weighted by Crippen LogP contribution is -2.32. The maximum atomic E-state index is 13.2. The van der Waals surface area contributed by atoms with E-state index < -0.39 is 0 Å². The molecule has 7 nitrogen and oxygen atoms in total. The number of aromatic nitrogens is 5. The molecule has 0 radical (unpaired) electrons. The highest BCUT2D eigenvalue weighted by atomic mass is 32.1. The first-order valence-electron chi connectivity index (χ1n) is 8.94. The molecular weight excluding hydrogens is 360 g/mol. The Labute approximate surface area is 160 Å². The fourth-order valence-corrected chi connectivity index (χ4v) is 3.94. The van der Waals surface area contributed by atoms with Gasteiger partial charge in [0.2, 0.25) is 5.82 Å². The minimum atomic E-state index is -0.246. The number of hydrogen-bond acceptors (Lipinski definition) is 6. The maximum absolute atomic E-state index is 13.2. The van der Waals surface area contributed by atoms with Gasteiger partial charge in [0, 0.05) is 18.4 Å². The molecule has 0 bridgehead atoms. The molecule has 1 aromatic carbocycles. The van der Waals surface area contributed by atoms with Crippen molar-refractivity contribution in [3.8, 4) is 0 Å². The van der Waals surface area contributed by atoms with Gasteiger partial charge in [0.05, 0.1) is 10.2 Å². The zero-order valence-electron chi connectivity index (χ0n) is 15.5. The second kappa shape index (κ2) is 7.03. The van der Waals surface area contributed by atoms with Crippen LogP contribution < -0.4 is 4.90 Å². The Kier molecular flexibility index (Phi) is 4.57. The average Bonchev–Trinajstić information content (AvgIpc) is 3.26. The van der Waals surface area contributed by atoms with Crippen molar-refractivity contribution < 1.29 is 4.79 Å². The zero-order valence-corrected chi connectivity index (χ0v) is 16.3. The van der Waals surface area contributed by atoms with Gasteiger partial charge >= 0.3 is 0 Å². The van der Waals surface area contributed by atoms with E-state index in [0.717, 1.165) is 28.8 Å². The molecule has 0 aliphatic heterocycles. The number of carbonyl (C=O) groups excluding carboxylic acids is 1. The molecule has 0 fully saturated rings. The normalized spacial score (nSPS) is 11.4. The average molecular weight is 380 g/mol. The van der Waals surface area contributed by atoms with Crippen molar-refractivity contribution in [1.82, 2.24) is 24.6 Å². The maximum Gasteiger partial charge on any atom is 0.299 e. The highest BCUT2D eigenvalue weighted by Crippen LogP contribution is 2.30. The predicted molar refractivity (Wildman–Crippen MR) is 106 cm³/mol. The van der Waals surface area contributed by atoms with Crippen LogP contribution in [-0.2, 0) is 0 Å². The SMILES string of the molecule is CCCCN(C(=O)c1nc2nccc(C)n2n1)c1nc2ccc(C)cc2s1. The molecule has 0 atom stereocenters. The molecule has 4 aromatic rings. The first-order chi connectivity index (χ1) is 13.1. The van der Waals surface area contributed by atoms with Gasteiger partial charge in [-0.2, -0.15) is 4.98 Å². The topological polar surface area (TPSA) is 76.3 Å². The molecule has 3 heterocycles. The molecule has 0 aliphatic rings. The van der Waals surface area contributed by atoms with Crippen LogP contribution in [0.1, 0.15) is 41.6 Å². The molecule has 0 saturated carbocycles. The van der Waals surface area contributed by atoms with Crippen molar-refractivity contribution >= 4 is 38.4 Å². The molecule has 0 aliphatic carbocycles. The van der Waals surface area contributed by atoms with Gasteiger partial charge in [-0.05, 0) is 44.0 Å². The number of benzene rings is 1. The molecule has 27 heavy (non-hydrogen) atoms. The number of anilines is 1. The van der Waals surface area contributed by atoms with Crippen LogP contribution in [0.3, 0.4) is 0 Å². The Hall–Kier alpha value is -2.87. The summed E-state index contributed by atoms with van der Waals surface area (Å²) in [5, 5.41) is 5.04. The molecule has 0 saturated heterocycles. The highest BCUT2D eigenvalue weighted by molar-refractivity contribution is 7.22. The van der Waals surface area contributed by atoms with Gasteiger partial charge in [-0.15, -0.1) is 5.10 Å². The van der Waals surface area contributed by atoms with Crippen LogP contribution in [-0.4, -0.2) is 37.0 Å². The first kappa shape index (κ1) is 17.5. The van der Waals surface area contributed by atoms with E-state index in [9.17, 15) is 4.79 Å². The van der Waals surface area contributed by atoms with Crippen LogP contribution in [0.15, 0.2) is 30.5 Å². The second-order valence-corrected chi connectivity index (χ2v) is 7.52. The van der Waals surface area contributed by atoms with E-state index in [0.29, 0.717) is 17.5 Å². The van der Waals surface area contributed by atoms with E-state index in [2.05, 4.69) is 40.0 Å². The number of carbonyl (C=O) groups is 1. The quantitative estimate of drug-likeness (QED) is 0.526. The Bertz CT molecular complexity index is 1130. The van der Waals surface area contributed by atoms with Crippen LogP contribution in [0.4, 0.5) is 5.13 Å². The van der Waals surface area contributed by atoms with Gasteiger partial charge in [-0.25, -0.2) is 14.5 Å². The fourth-order valence-electron chi connectivity index (χ4n) is 2.85. The van der Waals surface area contributed by atoms with Crippen LogP contribution in [0.25, 0.3) is 16.0 Å². The lowest BCUT2D eigenvalue weighted by Gasteiger charge is -2.17. The second-order valence-electron chi connectivity index (χ2n) is 6.51. The summed E-state index contributed by atoms with van der Waals surface area (Å²) in [6.45, 7) is 6.63. The summed E-state index contributed by atoms with van der Waals surface area (Å²) in [4.78, 5) is 28.1. The van der Waals surface area contributed by atoms with Crippen molar-refractivity contribution in [3.05, 3.63) is 47.5 Å². The summed E-state index contributed by atoms with van der Waals surface area (Å²) in [6.07, 6.45) is 3.52. The van der Waals surface area contributed by atoms with Gasteiger partial charge in [0.15, 0.2) is 5.13 Å². The number of aryl methyl sites for hydroxylation is 2. The number of nitrogens with zero attached hydrogens (tertiary/aromatic N) is 6. The van der Waals surface area contributed by atoms with Gasteiger partial charge in [0.25, 0.3) is 11.7 Å². The predicted octanol–water partition coefficient (Wildman–Crippen LogP) is 3.80. The molecule has 0 N–H and O–H groups in total. The van der Waals surface area contributed by atoms with Crippen molar-refractivity contribution in [2.24, 2.45) is 0 Å². The fraction of sp³-hybridized carbons (Fsp3) is 0.316. The summed E-state index contributed by atoms with van der Waals surface area (Å²) in [7, 11) is 0. The highest BCUT2D eigenvalue weighted by Gasteiger charge is 2.25. The molecule has 4 rings (SSSR count). The van der Waals surface area contributed by atoms with Crippen LogP contribution >= 0.6 is 11.3 Å². The van der Waals surface area contributed by atoms with E-state index >= 15 is 0 Å². The van der Waals surface area contributed by atoms with Crippen molar-refractivity contribution in [1.29, 1.82) is 0 Å². The van der Waals surface area contributed by atoms with E-state index in [4.69, 9.17) is 0 Å². The summed E-state index contributed by atoms with van der Waals surface area (Å²) >= 11 is 1.52. The minimum absolute atomic E-state index is 0.142. The van der Waals surface area contributed by atoms with E-state index in [1.165, 1.54) is 16.9 Å². The minimum Gasteiger partial charge on any atom is -0.281 e. The van der Waals surface area contributed by atoms with Gasteiger partial charge in [0.1, 0.15) is 0 Å². The third-order valence-corrected chi connectivity index (χ3v) is 5.41. The lowest BCUT2D eigenvalue weighted by molar-refractivity contribution is 0.0977. The van der Waals surface area contributed by atoms with Crippen LogP contribution in [0, 0.1) is 13.8 Å². The molecule has 0 spiro atoms. The van der Waals surface area contributed by atoms with Gasteiger partial charge in [-0.3, -0.25) is 9.69 Å². The number of hydrogen-bond donors (Lipinski definition) is 0. The summed E-state index contributed by atoms with van der Waals surface area (Å²) in [5.74, 6) is 0.321. The first-order valence-corrected chi connectivity index (χ1v) is 9.76. The van der Waals surface area contributed by atoms with Crippen molar-refractivity contribution in [2.75, 3.05) is 11.4 Å². The Morgan fingerprint density at radius 2 is 2.07 bits per heavy atom. The number of unbranched alkanes of at least 4 members (excludes halogenated alkanes) is 1. The monoisotopic (exact) mass is 380 g/mol. The standard InChI is InChI=1S/C19H20N6OS/c1-4-5-10-24(19-21-14-7-6-12(2)11-15(14)27-19)17(26)16-22-18-20-9-8-13(3)25(18)23-16/h6-9,11H,4-5,10H2,1-3H3. The summed E-state index contributed by atoms with van der Waals surface area (Å²) < 4.78 is 2.66. The molecule has 138 valence electrons. The smallest absolute Gasteiger partial charge is 0.281 e. The third kappa shape index (κ3) is 3.28. The summed E-state index contributed by atoms with van der Waals surface area (Å²) in [6, 6.07) is 7.95. The number of rotatable bonds is 5. The van der Waals surface area contributed by atoms with E-state index in [1.54, 1.807) is 15.6 Å². The molecule has 0 unspecified atom stereocenters. The Morgan fingerprint density at radius 3 is 2.85 bits per heavy atom.